The van der Waals surface area contributed by atoms with Crippen LogP contribution in [0.5, 0.6) is 0 Å². The van der Waals surface area contributed by atoms with Crippen molar-refractivity contribution in [2.45, 2.75) is 32.6 Å². The number of nitrogens with zero attached hydrogens (tertiary/aromatic N) is 3. The zero-order valence-corrected chi connectivity index (χ0v) is 14.9. The highest BCUT2D eigenvalue weighted by Gasteiger charge is 2.32. The molecule has 2 aromatic rings. The molecule has 3 heterocycles. The van der Waals surface area contributed by atoms with Crippen molar-refractivity contribution in [2.75, 3.05) is 13.1 Å². The Kier molecular flexibility index (Phi) is 5.47. The molecule has 1 saturated heterocycles. The lowest BCUT2D eigenvalue weighted by atomic mass is 9.87. The maximum Gasteiger partial charge on any atom is 0.306 e. The Labute approximate surface area is 149 Å². The van der Waals surface area contributed by atoms with E-state index in [-0.39, 0.29) is 17.7 Å². The molecule has 134 valence electrons. The van der Waals surface area contributed by atoms with E-state index in [4.69, 9.17) is 9.63 Å². The number of amides is 1. The Morgan fingerprint density at radius 2 is 2.32 bits per heavy atom. The second-order valence-electron chi connectivity index (χ2n) is 6.39. The van der Waals surface area contributed by atoms with Gasteiger partial charge in [-0.3, -0.25) is 9.59 Å². The van der Waals surface area contributed by atoms with Gasteiger partial charge in [0.15, 0.2) is 0 Å². The average Bonchev–Trinajstić information content (AvgIpc) is 3.25. The van der Waals surface area contributed by atoms with Crippen molar-refractivity contribution in [2.24, 2.45) is 11.8 Å². The number of thiophene rings is 1. The zero-order chi connectivity index (χ0) is 17.8. The third-order valence-corrected chi connectivity index (χ3v) is 5.43. The molecule has 0 bridgehead atoms. The fourth-order valence-corrected chi connectivity index (χ4v) is 3.80. The maximum absolute atomic E-state index is 12.3. The highest BCUT2D eigenvalue weighted by Crippen LogP contribution is 2.24. The number of carbonyl (C=O) groups is 2. The second-order valence-corrected chi connectivity index (χ2v) is 7.34. The molecule has 25 heavy (non-hydrogen) atoms. The number of hydrogen-bond acceptors (Lipinski definition) is 6. The van der Waals surface area contributed by atoms with Crippen molar-refractivity contribution in [1.29, 1.82) is 0 Å². The van der Waals surface area contributed by atoms with Crippen LogP contribution in [-0.4, -0.2) is 45.1 Å². The number of carbonyl (C=O) groups excluding carboxylic acids is 1. The summed E-state index contributed by atoms with van der Waals surface area (Å²) in [7, 11) is 0. The molecule has 0 aliphatic carbocycles. The van der Waals surface area contributed by atoms with Gasteiger partial charge in [-0.05, 0) is 30.2 Å². The third-order valence-electron chi connectivity index (χ3n) is 4.57. The molecule has 8 heteroatoms. The Bertz CT molecular complexity index is 728. The van der Waals surface area contributed by atoms with Crippen LogP contribution in [-0.2, 0) is 16.0 Å². The Morgan fingerprint density at radius 3 is 3.00 bits per heavy atom. The van der Waals surface area contributed by atoms with Crippen LogP contribution < -0.4 is 0 Å². The highest BCUT2D eigenvalue weighted by molar-refractivity contribution is 7.13. The van der Waals surface area contributed by atoms with E-state index in [1.807, 2.05) is 24.4 Å². The molecule has 7 nitrogen and oxygen atoms in total. The fourth-order valence-electron chi connectivity index (χ4n) is 3.15. The lowest BCUT2D eigenvalue weighted by Gasteiger charge is -2.35. The van der Waals surface area contributed by atoms with Gasteiger partial charge in [0.25, 0.3) is 0 Å². The summed E-state index contributed by atoms with van der Waals surface area (Å²) in [4.78, 5) is 30.5. The first-order valence-corrected chi connectivity index (χ1v) is 9.29. The largest absolute Gasteiger partial charge is 0.481 e. The summed E-state index contributed by atoms with van der Waals surface area (Å²) < 4.78 is 5.23. The minimum atomic E-state index is -0.766. The van der Waals surface area contributed by atoms with Crippen molar-refractivity contribution in [3.63, 3.8) is 0 Å². The predicted molar refractivity (Wildman–Crippen MR) is 92.0 cm³/mol. The summed E-state index contributed by atoms with van der Waals surface area (Å²) in [5, 5.41) is 15.1. The smallest absolute Gasteiger partial charge is 0.306 e. The Morgan fingerprint density at radius 1 is 1.48 bits per heavy atom. The van der Waals surface area contributed by atoms with E-state index in [1.54, 1.807) is 16.2 Å². The van der Waals surface area contributed by atoms with Gasteiger partial charge in [0.2, 0.25) is 17.6 Å². The molecular weight excluding hydrogens is 342 g/mol. The van der Waals surface area contributed by atoms with Crippen LogP contribution in [0.25, 0.3) is 10.7 Å². The molecule has 3 rings (SSSR count). The number of likely N-dealkylation sites (tertiary alicyclic amines) is 1. The van der Waals surface area contributed by atoms with Gasteiger partial charge >= 0.3 is 5.97 Å². The Balaban J connectivity index is 1.45. The number of aryl methyl sites for hydroxylation is 1. The molecule has 1 aliphatic rings. The van der Waals surface area contributed by atoms with Gasteiger partial charge in [-0.2, -0.15) is 4.98 Å². The van der Waals surface area contributed by atoms with Crippen LogP contribution in [0.3, 0.4) is 0 Å². The lowest BCUT2D eigenvalue weighted by Crippen LogP contribution is -2.44. The molecule has 1 aliphatic heterocycles. The first kappa shape index (κ1) is 17.6. The van der Waals surface area contributed by atoms with E-state index < -0.39 is 5.97 Å². The van der Waals surface area contributed by atoms with Gasteiger partial charge < -0.3 is 14.5 Å². The molecule has 2 unspecified atom stereocenters. The predicted octanol–water partition coefficient (Wildman–Crippen LogP) is 2.69. The quantitative estimate of drug-likeness (QED) is 0.847. The number of aliphatic carboxylic acids is 1. The minimum Gasteiger partial charge on any atom is -0.481 e. The molecule has 0 aromatic carbocycles. The molecule has 1 amide bonds. The van der Waals surface area contributed by atoms with E-state index in [1.165, 1.54) is 0 Å². The van der Waals surface area contributed by atoms with Crippen LogP contribution in [0.1, 0.15) is 32.1 Å². The lowest BCUT2D eigenvalue weighted by molar-refractivity contribution is -0.148. The van der Waals surface area contributed by atoms with Crippen molar-refractivity contribution in [3.8, 4) is 10.7 Å². The SMILES string of the molecule is CC1CN(C(=O)CCCc2nc(-c3cccs3)no2)CCC1C(=O)O. The van der Waals surface area contributed by atoms with Gasteiger partial charge in [0.1, 0.15) is 0 Å². The van der Waals surface area contributed by atoms with Crippen LogP contribution >= 0.6 is 11.3 Å². The number of piperidine rings is 1. The van der Waals surface area contributed by atoms with Crippen LogP contribution in [0, 0.1) is 11.8 Å². The van der Waals surface area contributed by atoms with E-state index in [0.29, 0.717) is 50.5 Å². The third kappa shape index (κ3) is 4.25. The summed E-state index contributed by atoms with van der Waals surface area (Å²) >= 11 is 1.55. The van der Waals surface area contributed by atoms with Crippen molar-refractivity contribution in [1.82, 2.24) is 15.0 Å². The molecule has 1 N–H and O–H groups in total. The van der Waals surface area contributed by atoms with E-state index in [0.717, 1.165) is 4.88 Å². The van der Waals surface area contributed by atoms with Crippen molar-refractivity contribution in [3.05, 3.63) is 23.4 Å². The normalized spacial score (nSPS) is 20.6. The average molecular weight is 363 g/mol. The molecule has 0 spiro atoms. The van der Waals surface area contributed by atoms with Gasteiger partial charge in [0, 0.05) is 25.9 Å². The fraction of sp³-hybridized carbons (Fsp3) is 0.529. The zero-order valence-electron chi connectivity index (χ0n) is 14.1. The van der Waals surface area contributed by atoms with Crippen molar-refractivity contribution >= 4 is 23.2 Å². The maximum atomic E-state index is 12.3. The first-order chi connectivity index (χ1) is 12.0. The highest BCUT2D eigenvalue weighted by atomic mass is 32.1. The standard InChI is InChI=1S/C17H21N3O4S/c1-11-10-20(8-7-12(11)17(22)23)15(21)6-2-5-14-18-16(19-24-14)13-4-3-9-25-13/h3-4,9,11-12H,2,5-8,10H2,1H3,(H,22,23). The number of rotatable bonds is 6. The summed E-state index contributed by atoms with van der Waals surface area (Å²) in [6, 6.07) is 3.87. The molecular formula is C17H21N3O4S. The number of aromatic nitrogens is 2. The molecule has 0 radical (unpaired) electrons. The van der Waals surface area contributed by atoms with Crippen LogP contribution in [0.2, 0.25) is 0 Å². The minimum absolute atomic E-state index is 0.0144. The Hall–Kier alpha value is -2.22. The topological polar surface area (TPSA) is 96.5 Å². The number of carboxylic acid groups (broad SMARTS) is 1. The summed E-state index contributed by atoms with van der Waals surface area (Å²) in [6.07, 6.45) is 2.13. The number of hydrogen-bond donors (Lipinski definition) is 1. The van der Waals surface area contributed by atoms with Gasteiger partial charge in [-0.15, -0.1) is 11.3 Å². The first-order valence-electron chi connectivity index (χ1n) is 8.41. The van der Waals surface area contributed by atoms with E-state index in [2.05, 4.69) is 10.1 Å². The molecule has 2 aromatic heterocycles. The second kappa shape index (κ2) is 7.77. The summed E-state index contributed by atoms with van der Waals surface area (Å²) in [6.45, 7) is 2.92. The van der Waals surface area contributed by atoms with Crippen molar-refractivity contribution < 1.29 is 19.2 Å². The number of carboxylic acids is 1. The van der Waals surface area contributed by atoms with Gasteiger partial charge in [-0.1, -0.05) is 18.1 Å². The molecule has 2 atom stereocenters. The molecule has 0 saturated carbocycles. The van der Waals surface area contributed by atoms with Gasteiger partial charge in [0.05, 0.1) is 10.8 Å². The summed E-state index contributed by atoms with van der Waals surface area (Å²) in [5.74, 6) is 0.0545. The van der Waals surface area contributed by atoms with Crippen LogP contribution in [0.4, 0.5) is 0 Å². The summed E-state index contributed by atoms with van der Waals surface area (Å²) in [5.41, 5.74) is 0. The van der Waals surface area contributed by atoms with E-state index in [9.17, 15) is 9.59 Å². The van der Waals surface area contributed by atoms with Crippen LogP contribution in [0.15, 0.2) is 22.0 Å². The monoisotopic (exact) mass is 363 g/mol. The van der Waals surface area contributed by atoms with Gasteiger partial charge in [-0.25, -0.2) is 0 Å². The van der Waals surface area contributed by atoms with E-state index >= 15 is 0 Å². The molecule has 1 fully saturated rings.